The molecule has 0 saturated carbocycles. The van der Waals surface area contributed by atoms with Crippen LogP contribution in [-0.4, -0.2) is 38.2 Å². The number of ether oxygens (including phenoxy) is 1. The van der Waals surface area contributed by atoms with E-state index >= 15 is 0 Å². The summed E-state index contributed by atoms with van der Waals surface area (Å²) in [7, 11) is 1.18. The Kier molecular flexibility index (Phi) is 3.17. The Bertz CT molecular complexity index is 608. The van der Waals surface area contributed by atoms with Gasteiger partial charge in [0.1, 0.15) is 5.69 Å². The van der Waals surface area contributed by atoms with E-state index in [0.717, 1.165) is 0 Å². The van der Waals surface area contributed by atoms with Gasteiger partial charge in [-0.05, 0) is 13.0 Å². The summed E-state index contributed by atoms with van der Waals surface area (Å²) in [6.07, 6.45) is 2.91. The smallest absolute Gasteiger partial charge is 0.344 e. The summed E-state index contributed by atoms with van der Waals surface area (Å²) < 4.78 is 5.81. The van der Waals surface area contributed by atoms with Gasteiger partial charge in [-0.25, -0.2) is 14.5 Å². The van der Waals surface area contributed by atoms with Gasteiger partial charge in [0.25, 0.3) is 0 Å². The number of nitrogens with two attached hydrogens (primary N) is 1. The van der Waals surface area contributed by atoms with Gasteiger partial charge < -0.3 is 15.6 Å². The van der Waals surface area contributed by atoms with Crippen LogP contribution < -0.4 is 5.73 Å². The molecule has 0 saturated heterocycles. The van der Waals surface area contributed by atoms with Crippen LogP contribution in [-0.2, 0) is 15.1 Å². The molecule has 2 aromatic rings. The average Bonchev–Trinajstić information content (AvgIpc) is 2.88. The highest BCUT2D eigenvalue weighted by Gasteiger charge is 2.37. The summed E-state index contributed by atoms with van der Waals surface area (Å²) in [5.74, 6) is -0.389. The lowest BCUT2D eigenvalue weighted by molar-refractivity contribution is -0.161. The van der Waals surface area contributed by atoms with Crippen molar-refractivity contribution in [1.29, 1.82) is 0 Å². The number of nitrogen functional groups attached to an aromatic ring is 1. The maximum absolute atomic E-state index is 11.4. The van der Waals surface area contributed by atoms with E-state index in [1.165, 1.54) is 31.1 Å². The molecular weight excluding hydrogens is 250 g/mol. The molecule has 8 nitrogen and oxygen atoms in total. The molecule has 0 amide bonds. The van der Waals surface area contributed by atoms with Crippen molar-refractivity contribution in [2.45, 2.75) is 12.5 Å². The van der Waals surface area contributed by atoms with Gasteiger partial charge in [0.15, 0.2) is 5.82 Å². The minimum Gasteiger partial charge on any atom is -0.467 e. The first-order chi connectivity index (χ1) is 8.95. The molecular formula is C11H13N5O3. The second-order valence-corrected chi connectivity index (χ2v) is 4.06. The number of methoxy groups -OCH3 is 1. The zero-order chi connectivity index (χ0) is 14.0. The first-order valence-electron chi connectivity index (χ1n) is 5.40. The van der Waals surface area contributed by atoms with Crippen molar-refractivity contribution in [3.05, 3.63) is 30.2 Å². The number of aliphatic hydroxyl groups is 1. The second kappa shape index (κ2) is 4.65. The van der Waals surface area contributed by atoms with Crippen LogP contribution in [0.3, 0.4) is 0 Å². The summed E-state index contributed by atoms with van der Waals surface area (Å²) in [4.78, 5) is 15.5. The fourth-order valence-electron chi connectivity index (χ4n) is 1.46. The van der Waals surface area contributed by atoms with Crippen molar-refractivity contribution in [3.8, 4) is 5.82 Å². The monoisotopic (exact) mass is 263 g/mol. The minimum atomic E-state index is -1.87. The molecule has 0 bridgehead atoms. The summed E-state index contributed by atoms with van der Waals surface area (Å²) in [5, 5.41) is 17.6. The van der Waals surface area contributed by atoms with E-state index in [-0.39, 0.29) is 5.69 Å². The zero-order valence-electron chi connectivity index (χ0n) is 10.4. The predicted molar refractivity (Wildman–Crippen MR) is 65.2 cm³/mol. The molecule has 19 heavy (non-hydrogen) atoms. The number of carbonyl (C=O) groups is 1. The average molecular weight is 263 g/mol. The number of anilines is 1. The third kappa shape index (κ3) is 2.38. The van der Waals surface area contributed by atoms with Crippen LogP contribution in [0.25, 0.3) is 5.82 Å². The van der Waals surface area contributed by atoms with Crippen molar-refractivity contribution in [1.82, 2.24) is 20.0 Å². The van der Waals surface area contributed by atoms with Crippen LogP contribution >= 0.6 is 0 Å². The lowest BCUT2D eigenvalue weighted by Gasteiger charge is -2.16. The van der Waals surface area contributed by atoms with E-state index < -0.39 is 11.6 Å². The van der Waals surface area contributed by atoms with Crippen LogP contribution in [0.15, 0.2) is 24.5 Å². The molecule has 8 heteroatoms. The maximum Gasteiger partial charge on any atom is 0.344 e. The number of hydrogen-bond acceptors (Lipinski definition) is 7. The van der Waals surface area contributed by atoms with Gasteiger partial charge in [-0.2, -0.15) is 0 Å². The van der Waals surface area contributed by atoms with Crippen LogP contribution in [0.1, 0.15) is 12.6 Å². The minimum absolute atomic E-state index is 0.0589. The molecule has 0 aromatic carbocycles. The van der Waals surface area contributed by atoms with E-state index in [4.69, 9.17) is 5.73 Å². The number of carbonyl (C=O) groups excluding carboxylic acids is 1. The Hall–Kier alpha value is -2.48. The Morgan fingerprint density at radius 1 is 1.58 bits per heavy atom. The number of esters is 1. The highest BCUT2D eigenvalue weighted by molar-refractivity contribution is 5.79. The quantitative estimate of drug-likeness (QED) is 0.725. The Labute approximate surface area is 108 Å². The fourth-order valence-corrected chi connectivity index (χ4v) is 1.46. The van der Waals surface area contributed by atoms with E-state index in [1.807, 2.05) is 0 Å². The molecule has 3 N–H and O–H groups in total. The molecule has 2 aromatic heterocycles. The van der Waals surface area contributed by atoms with Gasteiger partial charge >= 0.3 is 5.97 Å². The normalized spacial score (nSPS) is 13.8. The number of aromatic nitrogens is 4. The number of rotatable bonds is 3. The molecule has 0 radical (unpaired) electrons. The molecule has 2 rings (SSSR count). The van der Waals surface area contributed by atoms with Crippen LogP contribution in [0.2, 0.25) is 0 Å². The molecule has 0 aliphatic rings. The molecule has 100 valence electrons. The molecule has 2 heterocycles. The predicted octanol–water partition coefficient (Wildman–Crippen LogP) is -0.375. The third-order valence-corrected chi connectivity index (χ3v) is 2.58. The van der Waals surface area contributed by atoms with Crippen molar-refractivity contribution in [3.63, 3.8) is 0 Å². The summed E-state index contributed by atoms with van der Waals surface area (Å²) in [6.45, 7) is 1.28. The Morgan fingerprint density at radius 3 is 2.95 bits per heavy atom. The first kappa shape index (κ1) is 13.0. The summed E-state index contributed by atoms with van der Waals surface area (Å²) >= 11 is 0. The maximum atomic E-state index is 11.4. The number of nitrogens with zero attached hydrogens (tertiary/aromatic N) is 4. The van der Waals surface area contributed by atoms with E-state index in [0.29, 0.717) is 11.5 Å². The van der Waals surface area contributed by atoms with E-state index in [9.17, 15) is 9.90 Å². The third-order valence-electron chi connectivity index (χ3n) is 2.58. The van der Waals surface area contributed by atoms with Gasteiger partial charge in [-0.15, -0.1) is 5.10 Å². The zero-order valence-corrected chi connectivity index (χ0v) is 10.4. The standard InChI is InChI=1S/C11H13N5O3/c1-11(18,10(17)19-2)8-6-16(15-14-8)9-5-7(12)3-4-13-9/h3-6,18H,1-2H3,(H2,12,13). The first-order valence-corrected chi connectivity index (χ1v) is 5.40. The largest absolute Gasteiger partial charge is 0.467 e. The number of pyridine rings is 1. The molecule has 1 atom stereocenters. The fraction of sp³-hybridized carbons (Fsp3) is 0.273. The van der Waals surface area contributed by atoms with Crippen molar-refractivity contribution < 1.29 is 14.6 Å². The topological polar surface area (TPSA) is 116 Å². The SMILES string of the molecule is COC(=O)C(C)(O)c1cn(-c2cc(N)ccn2)nn1. The summed E-state index contributed by atoms with van der Waals surface area (Å²) in [6, 6.07) is 3.22. The van der Waals surface area contributed by atoms with Crippen LogP contribution in [0.5, 0.6) is 0 Å². The van der Waals surface area contributed by atoms with Crippen LogP contribution in [0.4, 0.5) is 5.69 Å². The Morgan fingerprint density at radius 2 is 2.32 bits per heavy atom. The van der Waals surface area contributed by atoms with Gasteiger partial charge in [0, 0.05) is 18.0 Å². The highest BCUT2D eigenvalue weighted by Crippen LogP contribution is 2.20. The molecule has 0 spiro atoms. The molecule has 0 aliphatic heterocycles. The van der Waals surface area contributed by atoms with E-state index in [2.05, 4.69) is 20.0 Å². The lowest BCUT2D eigenvalue weighted by Crippen LogP contribution is -2.33. The molecule has 1 unspecified atom stereocenters. The summed E-state index contributed by atoms with van der Waals surface area (Å²) in [5.41, 5.74) is 4.34. The second-order valence-electron chi connectivity index (χ2n) is 4.06. The van der Waals surface area contributed by atoms with Gasteiger partial charge in [0.2, 0.25) is 5.60 Å². The van der Waals surface area contributed by atoms with Gasteiger partial charge in [-0.1, -0.05) is 5.21 Å². The lowest BCUT2D eigenvalue weighted by atomic mass is 10.0. The molecule has 0 aliphatic carbocycles. The highest BCUT2D eigenvalue weighted by atomic mass is 16.5. The van der Waals surface area contributed by atoms with Crippen molar-refractivity contribution in [2.24, 2.45) is 0 Å². The Balaban J connectivity index is 2.37. The van der Waals surface area contributed by atoms with Crippen molar-refractivity contribution >= 4 is 11.7 Å². The van der Waals surface area contributed by atoms with Gasteiger partial charge in [0.05, 0.1) is 13.3 Å². The van der Waals surface area contributed by atoms with Crippen molar-refractivity contribution in [2.75, 3.05) is 12.8 Å². The number of hydrogen-bond donors (Lipinski definition) is 2. The van der Waals surface area contributed by atoms with E-state index in [1.54, 1.807) is 12.1 Å². The van der Waals surface area contributed by atoms with Crippen LogP contribution in [0, 0.1) is 0 Å². The molecule has 0 fully saturated rings. The van der Waals surface area contributed by atoms with Gasteiger partial charge in [-0.3, -0.25) is 0 Å².